The number of aliphatic hydroxyl groups is 1. The van der Waals surface area contributed by atoms with E-state index in [4.69, 9.17) is 0 Å². The highest BCUT2D eigenvalue weighted by atomic mass is 16.3. The Labute approximate surface area is 91.4 Å². The van der Waals surface area contributed by atoms with Gasteiger partial charge < -0.3 is 5.11 Å². The Hall–Kier alpha value is -0.890. The molecule has 1 N–H and O–H groups in total. The summed E-state index contributed by atoms with van der Waals surface area (Å²) in [6.45, 7) is 0. The number of rotatable bonds is 4. The second-order valence-corrected chi connectivity index (χ2v) is 4.60. The van der Waals surface area contributed by atoms with Crippen molar-refractivity contribution in [2.24, 2.45) is 5.92 Å². The van der Waals surface area contributed by atoms with Crippen LogP contribution in [0.1, 0.15) is 37.7 Å². The third kappa shape index (κ3) is 3.31. The fourth-order valence-electron chi connectivity index (χ4n) is 2.51. The van der Waals surface area contributed by atoms with E-state index in [9.17, 15) is 5.11 Å². The van der Waals surface area contributed by atoms with E-state index in [0.29, 0.717) is 0 Å². The van der Waals surface area contributed by atoms with Crippen molar-refractivity contribution in [3.63, 3.8) is 0 Å². The normalized spacial score (nSPS) is 19.3. The lowest BCUT2D eigenvalue weighted by molar-refractivity contribution is 0.143. The maximum atomic E-state index is 9.94. The van der Waals surface area contributed by atoms with Crippen LogP contribution in [-0.4, -0.2) is 16.2 Å². The molecule has 1 aliphatic rings. The van der Waals surface area contributed by atoms with Gasteiger partial charge in [-0.05, 0) is 36.5 Å². The molecule has 1 aliphatic carbocycles. The topological polar surface area (TPSA) is 33.1 Å². The monoisotopic (exact) mass is 205 g/mol. The molecule has 1 unspecified atom stereocenters. The molecule has 2 nitrogen and oxygen atoms in total. The van der Waals surface area contributed by atoms with Gasteiger partial charge >= 0.3 is 0 Å². The molecule has 0 aromatic carbocycles. The van der Waals surface area contributed by atoms with Crippen molar-refractivity contribution in [1.82, 2.24) is 4.98 Å². The van der Waals surface area contributed by atoms with Crippen LogP contribution in [0.5, 0.6) is 0 Å². The minimum absolute atomic E-state index is 0.171. The summed E-state index contributed by atoms with van der Waals surface area (Å²) < 4.78 is 0. The van der Waals surface area contributed by atoms with E-state index in [2.05, 4.69) is 4.98 Å². The van der Waals surface area contributed by atoms with Crippen molar-refractivity contribution in [2.45, 2.75) is 44.6 Å². The van der Waals surface area contributed by atoms with Crippen LogP contribution in [0.15, 0.2) is 24.5 Å². The van der Waals surface area contributed by atoms with E-state index < -0.39 is 0 Å². The van der Waals surface area contributed by atoms with E-state index in [0.717, 1.165) is 18.8 Å². The lowest BCUT2D eigenvalue weighted by Crippen LogP contribution is -2.14. The second-order valence-electron chi connectivity index (χ2n) is 4.60. The summed E-state index contributed by atoms with van der Waals surface area (Å²) in [5, 5.41) is 9.94. The zero-order chi connectivity index (χ0) is 10.5. The maximum Gasteiger partial charge on any atom is 0.0583 e. The number of aliphatic hydroxyl groups excluding tert-OH is 1. The zero-order valence-electron chi connectivity index (χ0n) is 9.10. The summed E-state index contributed by atoms with van der Waals surface area (Å²) in [7, 11) is 0. The number of hydrogen-bond acceptors (Lipinski definition) is 2. The Bertz CT molecular complexity index is 280. The highest BCUT2D eigenvalue weighted by Crippen LogP contribution is 2.29. The molecule has 1 aromatic rings. The van der Waals surface area contributed by atoms with E-state index in [1.165, 1.54) is 31.2 Å². The molecule has 0 amide bonds. The zero-order valence-corrected chi connectivity index (χ0v) is 9.10. The SMILES string of the molecule is OC(Cc1ccncc1)CC1CCCC1. The van der Waals surface area contributed by atoms with Crippen LogP contribution in [0.25, 0.3) is 0 Å². The number of pyridine rings is 1. The molecule has 0 saturated heterocycles. The molecule has 1 atom stereocenters. The summed E-state index contributed by atoms with van der Waals surface area (Å²) >= 11 is 0. The molecule has 82 valence electrons. The van der Waals surface area contributed by atoms with Crippen LogP contribution < -0.4 is 0 Å². The Morgan fingerprint density at radius 1 is 1.27 bits per heavy atom. The molecule has 0 radical (unpaired) electrons. The third-order valence-electron chi connectivity index (χ3n) is 3.30. The molecule has 2 rings (SSSR count). The molecular formula is C13H19NO. The minimum Gasteiger partial charge on any atom is -0.393 e. The van der Waals surface area contributed by atoms with E-state index >= 15 is 0 Å². The van der Waals surface area contributed by atoms with E-state index in [1.54, 1.807) is 12.4 Å². The fourth-order valence-corrected chi connectivity index (χ4v) is 2.51. The van der Waals surface area contributed by atoms with Crippen LogP contribution in [0.2, 0.25) is 0 Å². The lowest BCUT2D eigenvalue weighted by Gasteiger charge is -2.15. The van der Waals surface area contributed by atoms with Gasteiger partial charge in [0.15, 0.2) is 0 Å². The lowest BCUT2D eigenvalue weighted by atomic mass is 9.96. The molecule has 15 heavy (non-hydrogen) atoms. The van der Waals surface area contributed by atoms with Crippen LogP contribution >= 0.6 is 0 Å². The van der Waals surface area contributed by atoms with E-state index in [1.807, 2.05) is 12.1 Å². The summed E-state index contributed by atoms with van der Waals surface area (Å²) in [5.41, 5.74) is 1.19. The van der Waals surface area contributed by atoms with Crippen molar-refractivity contribution in [2.75, 3.05) is 0 Å². The first-order chi connectivity index (χ1) is 7.34. The molecule has 1 heterocycles. The van der Waals surface area contributed by atoms with Crippen molar-refractivity contribution in [3.05, 3.63) is 30.1 Å². The molecule has 0 spiro atoms. The first kappa shape index (κ1) is 10.6. The van der Waals surface area contributed by atoms with Gasteiger partial charge in [0.2, 0.25) is 0 Å². The molecule has 2 heteroatoms. The predicted molar refractivity (Wildman–Crippen MR) is 60.5 cm³/mol. The number of aromatic nitrogens is 1. The van der Waals surface area contributed by atoms with Gasteiger partial charge in [0.25, 0.3) is 0 Å². The Morgan fingerprint density at radius 2 is 1.93 bits per heavy atom. The van der Waals surface area contributed by atoms with Gasteiger partial charge in [-0.2, -0.15) is 0 Å². The summed E-state index contributed by atoms with van der Waals surface area (Å²) in [6.07, 6.45) is 10.5. The molecule has 1 saturated carbocycles. The second kappa shape index (κ2) is 5.26. The fraction of sp³-hybridized carbons (Fsp3) is 0.615. The molecular weight excluding hydrogens is 186 g/mol. The van der Waals surface area contributed by atoms with Gasteiger partial charge in [-0.25, -0.2) is 0 Å². The largest absolute Gasteiger partial charge is 0.393 e. The Morgan fingerprint density at radius 3 is 2.60 bits per heavy atom. The van der Waals surface area contributed by atoms with Crippen molar-refractivity contribution < 1.29 is 5.11 Å². The van der Waals surface area contributed by atoms with Gasteiger partial charge in [-0.3, -0.25) is 4.98 Å². The highest BCUT2D eigenvalue weighted by Gasteiger charge is 2.18. The Kier molecular flexibility index (Phi) is 3.73. The predicted octanol–water partition coefficient (Wildman–Crippen LogP) is 2.57. The smallest absolute Gasteiger partial charge is 0.0583 e. The standard InChI is InChI=1S/C13H19NO/c15-13(9-11-3-1-2-4-11)10-12-5-7-14-8-6-12/h5-8,11,13,15H,1-4,9-10H2. The van der Waals surface area contributed by atoms with Crippen molar-refractivity contribution >= 4 is 0 Å². The van der Waals surface area contributed by atoms with Gasteiger partial charge in [-0.15, -0.1) is 0 Å². The molecule has 1 fully saturated rings. The summed E-state index contributed by atoms with van der Waals surface area (Å²) in [4.78, 5) is 3.97. The van der Waals surface area contributed by atoms with Crippen LogP contribution in [0.4, 0.5) is 0 Å². The van der Waals surface area contributed by atoms with Crippen molar-refractivity contribution in [1.29, 1.82) is 0 Å². The van der Waals surface area contributed by atoms with Gasteiger partial charge in [0.05, 0.1) is 6.10 Å². The third-order valence-corrected chi connectivity index (χ3v) is 3.30. The average molecular weight is 205 g/mol. The maximum absolute atomic E-state index is 9.94. The van der Waals surface area contributed by atoms with Crippen LogP contribution in [0, 0.1) is 5.92 Å². The Balaban J connectivity index is 1.79. The van der Waals surface area contributed by atoms with Gasteiger partial charge in [-0.1, -0.05) is 25.7 Å². The molecule has 1 aromatic heterocycles. The first-order valence-corrected chi connectivity index (χ1v) is 5.91. The molecule has 0 aliphatic heterocycles. The van der Waals surface area contributed by atoms with Crippen LogP contribution in [0.3, 0.4) is 0 Å². The average Bonchev–Trinajstić information content (AvgIpc) is 2.71. The quantitative estimate of drug-likeness (QED) is 0.819. The van der Waals surface area contributed by atoms with Crippen LogP contribution in [-0.2, 0) is 6.42 Å². The number of hydrogen-bond donors (Lipinski definition) is 1. The first-order valence-electron chi connectivity index (χ1n) is 5.91. The van der Waals surface area contributed by atoms with Gasteiger partial charge in [0.1, 0.15) is 0 Å². The van der Waals surface area contributed by atoms with E-state index in [-0.39, 0.29) is 6.10 Å². The summed E-state index contributed by atoms with van der Waals surface area (Å²) in [6, 6.07) is 3.97. The van der Waals surface area contributed by atoms with Gasteiger partial charge in [0, 0.05) is 12.4 Å². The molecule has 0 bridgehead atoms. The highest BCUT2D eigenvalue weighted by molar-refractivity contribution is 5.10. The minimum atomic E-state index is -0.171. The van der Waals surface area contributed by atoms with Crippen molar-refractivity contribution in [3.8, 4) is 0 Å². The number of nitrogens with zero attached hydrogens (tertiary/aromatic N) is 1. The summed E-state index contributed by atoms with van der Waals surface area (Å²) in [5.74, 6) is 0.766.